The van der Waals surface area contributed by atoms with Crippen LogP contribution in [0.4, 0.5) is 0 Å². The molecule has 16 heavy (non-hydrogen) atoms. The van der Waals surface area contributed by atoms with E-state index in [1.54, 1.807) is 0 Å². The fraction of sp³-hybridized carbons (Fsp3) is 0. The second-order valence-corrected chi connectivity index (χ2v) is 3.15. The molecule has 2 aromatic rings. The molecule has 72 valence electrons. The van der Waals surface area contributed by atoms with Gasteiger partial charge in [-0.15, -0.1) is 0 Å². The molecule has 0 unspecified atom stereocenters. The van der Waals surface area contributed by atoms with Gasteiger partial charge in [-0.25, -0.2) is 0 Å². The first kappa shape index (κ1) is 16.2. The van der Waals surface area contributed by atoms with Gasteiger partial charge in [-0.3, -0.25) is 0 Å². The van der Waals surface area contributed by atoms with E-state index in [0.29, 0.717) is 0 Å². The van der Waals surface area contributed by atoms with E-state index in [0.717, 1.165) is 0 Å². The summed E-state index contributed by atoms with van der Waals surface area (Å²) in [6.07, 6.45) is 4.24. The van der Waals surface area contributed by atoms with Crippen molar-refractivity contribution in [2.45, 2.75) is 0 Å². The van der Waals surface area contributed by atoms with Gasteiger partial charge >= 0.3 is 59.1 Å². The number of rotatable bonds is 2. The van der Waals surface area contributed by atoms with Crippen molar-refractivity contribution in [2.75, 3.05) is 0 Å². The van der Waals surface area contributed by atoms with Crippen molar-refractivity contribution in [3.8, 4) is 0 Å². The second-order valence-electron chi connectivity index (χ2n) is 3.15. The first-order valence-electron chi connectivity index (χ1n) is 4.73. The van der Waals surface area contributed by atoms with Gasteiger partial charge in [-0.1, -0.05) is 72.8 Å². The van der Waals surface area contributed by atoms with Crippen molar-refractivity contribution < 1.29 is 62.0 Å². The maximum Gasteiger partial charge on any atom is 1.00 e. The summed E-state index contributed by atoms with van der Waals surface area (Å²) in [4.78, 5) is 0. The SMILES string of the molecule is C(=C\c1ccccc1)/c1ccccc1.[H-].[H-].[Na+].[Na+]. The molecule has 0 nitrogen and oxygen atoms in total. The quantitative estimate of drug-likeness (QED) is 0.416. The number of benzene rings is 2. The first-order chi connectivity index (χ1) is 6.95. The molecular formula is C14H14Na2. The Kier molecular flexibility index (Phi) is 9.34. The van der Waals surface area contributed by atoms with E-state index in [4.69, 9.17) is 0 Å². The average Bonchev–Trinajstić information content (AvgIpc) is 2.29. The Morgan fingerprint density at radius 2 is 0.875 bits per heavy atom. The first-order valence-corrected chi connectivity index (χ1v) is 4.73. The molecule has 0 fully saturated rings. The van der Waals surface area contributed by atoms with Crippen LogP contribution in [0.5, 0.6) is 0 Å². The molecule has 0 spiro atoms. The van der Waals surface area contributed by atoms with Crippen molar-refractivity contribution in [1.29, 1.82) is 0 Å². The van der Waals surface area contributed by atoms with Gasteiger partial charge in [0.05, 0.1) is 0 Å². The van der Waals surface area contributed by atoms with Gasteiger partial charge in [-0.2, -0.15) is 0 Å². The molecule has 0 radical (unpaired) electrons. The summed E-state index contributed by atoms with van der Waals surface area (Å²) < 4.78 is 0. The minimum atomic E-state index is 0. The Labute approximate surface area is 144 Å². The van der Waals surface area contributed by atoms with E-state index in [-0.39, 0.29) is 62.0 Å². The van der Waals surface area contributed by atoms with Gasteiger partial charge in [-0.05, 0) is 11.1 Å². The van der Waals surface area contributed by atoms with Crippen LogP contribution in [0, 0.1) is 0 Å². The molecule has 0 amide bonds. The smallest absolute Gasteiger partial charge is 1.00 e. The van der Waals surface area contributed by atoms with Crippen LogP contribution in [0.2, 0.25) is 0 Å². The maximum atomic E-state index is 2.12. The molecule has 2 rings (SSSR count). The summed E-state index contributed by atoms with van der Waals surface area (Å²) >= 11 is 0. The topological polar surface area (TPSA) is 0 Å². The molecule has 0 aromatic heterocycles. The summed E-state index contributed by atoms with van der Waals surface area (Å²) in [5.74, 6) is 0. The summed E-state index contributed by atoms with van der Waals surface area (Å²) in [7, 11) is 0. The number of hydrogen-bond donors (Lipinski definition) is 0. The Bertz CT molecular complexity index is 375. The van der Waals surface area contributed by atoms with Crippen molar-refractivity contribution in [1.82, 2.24) is 0 Å². The standard InChI is InChI=1S/C14H12.2Na.2H/c1-3-7-13(8-4-1)11-12-14-9-5-2-6-10-14;;;;/h1-12H;;;;/q;2*+1;2*-1/b12-11+;;;;. The largest absolute Gasteiger partial charge is 1.00 e. The van der Waals surface area contributed by atoms with Crippen molar-refractivity contribution in [2.24, 2.45) is 0 Å². The van der Waals surface area contributed by atoms with Gasteiger partial charge in [0.1, 0.15) is 0 Å². The van der Waals surface area contributed by atoms with Crippen LogP contribution in [0.1, 0.15) is 14.0 Å². The zero-order valence-electron chi connectivity index (χ0n) is 11.9. The molecule has 0 heterocycles. The average molecular weight is 228 g/mol. The molecular weight excluding hydrogens is 214 g/mol. The van der Waals surface area contributed by atoms with Crippen LogP contribution in [0.3, 0.4) is 0 Å². The molecule has 0 N–H and O–H groups in total. The molecule has 2 aromatic carbocycles. The van der Waals surface area contributed by atoms with Crippen LogP contribution in [-0.2, 0) is 0 Å². The zero-order valence-corrected chi connectivity index (χ0v) is 13.9. The maximum absolute atomic E-state index is 2.12. The van der Waals surface area contributed by atoms with Crippen LogP contribution in [0.25, 0.3) is 12.2 Å². The van der Waals surface area contributed by atoms with Crippen LogP contribution < -0.4 is 59.1 Å². The summed E-state index contributed by atoms with van der Waals surface area (Å²) in [5, 5.41) is 0. The third-order valence-electron chi connectivity index (χ3n) is 2.07. The Morgan fingerprint density at radius 3 is 1.19 bits per heavy atom. The van der Waals surface area contributed by atoms with Crippen LogP contribution in [-0.4, -0.2) is 0 Å². The van der Waals surface area contributed by atoms with Gasteiger partial charge in [0, 0.05) is 0 Å². The monoisotopic (exact) mass is 228 g/mol. The molecule has 0 aliphatic heterocycles. The van der Waals surface area contributed by atoms with E-state index in [2.05, 4.69) is 36.4 Å². The van der Waals surface area contributed by atoms with Crippen molar-refractivity contribution >= 4 is 12.2 Å². The Hall–Kier alpha value is 0.180. The molecule has 0 saturated carbocycles. The zero-order chi connectivity index (χ0) is 9.64. The minimum absolute atomic E-state index is 0. The fourth-order valence-electron chi connectivity index (χ4n) is 1.32. The van der Waals surface area contributed by atoms with E-state index in [1.165, 1.54) is 11.1 Å². The van der Waals surface area contributed by atoms with Gasteiger partial charge in [0.15, 0.2) is 0 Å². The third-order valence-corrected chi connectivity index (χ3v) is 2.07. The molecule has 0 aliphatic carbocycles. The third kappa shape index (κ3) is 5.49. The summed E-state index contributed by atoms with van der Waals surface area (Å²) in [6.45, 7) is 0. The summed E-state index contributed by atoms with van der Waals surface area (Å²) in [6, 6.07) is 20.6. The molecule has 0 saturated heterocycles. The van der Waals surface area contributed by atoms with E-state index < -0.39 is 0 Å². The Morgan fingerprint density at radius 1 is 0.562 bits per heavy atom. The van der Waals surface area contributed by atoms with E-state index >= 15 is 0 Å². The summed E-state index contributed by atoms with van der Waals surface area (Å²) in [5.41, 5.74) is 2.47. The predicted molar refractivity (Wildman–Crippen MR) is 64.0 cm³/mol. The second kappa shape index (κ2) is 9.23. The minimum Gasteiger partial charge on any atom is -1.00 e. The van der Waals surface area contributed by atoms with Gasteiger partial charge in [0.25, 0.3) is 0 Å². The molecule has 2 heteroatoms. The van der Waals surface area contributed by atoms with Crippen LogP contribution in [0.15, 0.2) is 60.7 Å². The van der Waals surface area contributed by atoms with E-state index in [1.807, 2.05) is 36.4 Å². The molecule has 0 atom stereocenters. The van der Waals surface area contributed by atoms with Crippen LogP contribution >= 0.6 is 0 Å². The van der Waals surface area contributed by atoms with E-state index in [9.17, 15) is 0 Å². The normalized spacial score (nSPS) is 9.25. The van der Waals surface area contributed by atoms with Gasteiger partial charge < -0.3 is 2.85 Å². The predicted octanol–water partition coefficient (Wildman–Crippen LogP) is -1.91. The molecule has 0 aliphatic rings. The van der Waals surface area contributed by atoms with Crippen molar-refractivity contribution in [3.05, 3.63) is 71.8 Å². The Balaban J connectivity index is -0.000000562. The van der Waals surface area contributed by atoms with Crippen molar-refractivity contribution in [3.63, 3.8) is 0 Å². The number of hydrogen-bond acceptors (Lipinski definition) is 0. The molecule has 0 bridgehead atoms. The fourth-order valence-corrected chi connectivity index (χ4v) is 1.32. The van der Waals surface area contributed by atoms with Gasteiger partial charge in [0.2, 0.25) is 0 Å².